The number of likely N-dealkylation sites (tertiary alicyclic amines) is 1. The summed E-state index contributed by atoms with van der Waals surface area (Å²) in [5.41, 5.74) is 6.40. The summed E-state index contributed by atoms with van der Waals surface area (Å²) in [7, 11) is 0. The maximum atomic E-state index is 14.0. The molecule has 2 N–H and O–H groups in total. The van der Waals surface area contributed by atoms with Crippen LogP contribution in [0.2, 0.25) is 5.02 Å². The molecule has 0 unspecified atom stereocenters. The third-order valence-electron chi connectivity index (χ3n) is 3.69. The Balaban J connectivity index is 2.27. The van der Waals surface area contributed by atoms with Crippen molar-refractivity contribution in [3.05, 3.63) is 34.6 Å². The molecule has 18 heavy (non-hydrogen) atoms. The normalized spacial score (nSPS) is 23.0. The molecule has 2 rings (SSSR count). The van der Waals surface area contributed by atoms with Gasteiger partial charge in [-0.05, 0) is 37.4 Å². The minimum atomic E-state index is -0.254. The highest BCUT2D eigenvalue weighted by Gasteiger charge is 2.27. The van der Waals surface area contributed by atoms with Gasteiger partial charge in [-0.3, -0.25) is 4.90 Å². The monoisotopic (exact) mass is 270 g/mol. The van der Waals surface area contributed by atoms with Crippen LogP contribution in [-0.4, -0.2) is 24.5 Å². The van der Waals surface area contributed by atoms with Crippen LogP contribution in [-0.2, 0) is 0 Å². The Morgan fingerprint density at radius 3 is 2.94 bits per heavy atom. The van der Waals surface area contributed by atoms with Gasteiger partial charge in [0.1, 0.15) is 5.82 Å². The molecular formula is C14H20ClFN2. The molecule has 1 aliphatic rings. The molecule has 4 heteroatoms. The lowest BCUT2D eigenvalue weighted by atomic mass is 9.96. The topological polar surface area (TPSA) is 29.3 Å². The quantitative estimate of drug-likeness (QED) is 0.914. The standard InChI is InChI=1S/C14H20ClFN2/c1-10-4-3-7-18(9-10)13(8-17)14-11(15)5-2-6-12(14)16/h2,5-6,10,13H,3-4,7-9,17H2,1H3/t10-,13+/m0/s1. The summed E-state index contributed by atoms with van der Waals surface area (Å²) < 4.78 is 14.0. The maximum absolute atomic E-state index is 14.0. The van der Waals surface area contributed by atoms with E-state index in [4.69, 9.17) is 17.3 Å². The van der Waals surface area contributed by atoms with Crippen molar-refractivity contribution in [1.29, 1.82) is 0 Å². The van der Waals surface area contributed by atoms with Crippen LogP contribution in [0.25, 0.3) is 0 Å². The molecule has 0 radical (unpaired) electrons. The fraction of sp³-hybridized carbons (Fsp3) is 0.571. The molecule has 2 nitrogen and oxygen atoms in total. The fourth-order valence-corrected chi connectivity index (χ4v) is 3.08. The van der Waals surface area contributed by atoms with Crippen molar-refractivity contribution in [3.8, 4) is 0 Å². The van der Waals surface area contributed by atoms with Gasteiger partial charge in [0.05, 0.1) is 6.04 Å². The van der Waals surface area contributed by atoms with Gasteiger partial charge in [0.2, 0.25) is 0 Å². The molecule has 0 aromatic heterocycles. The molecule has 1 aliphatic heterocycles. The summed E-state index contributed by atoms with van der Waals surface area (Å²) in [6.07, 6.45) is 2.38. The lowest BCUT2D eigenvalue weighted by Crippen LogP contribution is -2.40. The second-order valence-electron chi connectivity index (χ2n) is 5.13. The van der Waals surface area contributed by atoms with Gasteiger partial charge < -0.3 is 5.73 Å². The van der Waals surface area contributed by atoms with Crippen molar-refractivity contribution >= 4 is 11.6 Å². The molecule has 0 bridgehead atoms. The first-order valence-corrected chi connectivity index (χ1v) is 6.89. The Hall–Kier alpha value is -0.640. The number of hydrogen-bond donors (Lipinski definition) is 1. The van der Waals surface area contributed by atoms with Gasteiger partial charge in [-0.25, -0.2) is 4.39 Å². The highest BCUT2D eigenvalue weighted by Crippen LogP contribution is 2.32. The first-order chi connectivity index (χ1) is 8.63. The number of benzene rings is 1. The number of halogens is 2. The van der Waals surface area contributed by atoms with E-state index in [1.165, 1.54) is 12.5 Å². The Morgan fingerprint density at radius 2 is 2.33 bits per heavy atom. The van der Waals surface area contributed by atoms with Crippen LogP contribution < -0.4 is 5.73 Å². The number of hydrogen-bond acceptors (Lipinski definition) is 2. The van der Waals surface area contributed by atoms with E-state index in [0.29, 0.717) is 23.0 Å². The minimum Gasteiger partial charge on any atom is -0.329 e. The molecule has 1 fully saturated rings. The predicted molar refractivity (Wildman–Crippen MR) is 73.2 cm³/mol. The van der Waals surface area contributed by atoms with Crippen LogP contribution in [0.3, 0.4) is 0 Å². The van der Waals surface area contributed by atoms with E-state index in [0.717, 1.165) is 19.5 Å². The molecule has 0 aliphatic carbocycles. The van der Waals surface area contributed by atoms with Crippen LogP contribution in [0.1, 0.15) is 31.4 Å². The van der Waals surface area contributed by atoms with Gasteiger partial charge in [0.25, 0.3) is 0 Å². The predicted octanol–water partition coefficient (Wildman–Crippen LogP) is 3.21. The average Bonchev–Trinajstić information content (AvgIpc) is 2.34. The highest BCUT2D eigenvalue weighted by molar-refractivity contribution is 6.31. The lowest BCUT2D eigenvalue weighted by Gasteiger charge is -2.37. The number of nitrogens with two attached hydrogens (primary N) is 1. The van der Waals surface area contributed by atoms with Gasteiger partial charge in [-0.1, -0.05) is 24.6 Å². The summed E-state index contributed by atoms with van der Waals surface area (Å²) in [6, 6.07) is 4.71. The second kappa shape index (κ2) is 6.00. The molecule has 2 atom stereocenters. The van der Waals surface area contributed by atoms with Gasteiger partial charge in [-0.2, -0.15) is 0 Å². The zero-order chi connectivity index (χ0) is 13.1. The third-order valence-corrected chi connectivity index (χ3v) is 4.01. The van der Waals surface area contributed by atoms with Crippen LogP contribution in [0.4, 0.5) is 4.39 Å². The van der Waals surface area contributed by atoms with E-state index >= 15 is 0 Å². The van der Waals surface area contributed by atoms with Gasteiger partial charge >= 0.3 is 0 Å². The zero-order valence-corrected chi connectivity index (χ0v) is 11.5. The molecule has 0 amide bonds. The van der Waals surface area contributed by atoms with Gasteiger partial charge in [0.15, 0.2) is 0 Å². The van der Waals surface area contributed by atoms with Crippen molar-refractivity contribution in [2.24, 2.45) is 11.7 Å². The van der Waals surface area contributed by atoms with Crippen LogP contribution in [0.15, 0.2) is 18.2 Å². The number of nitrogens with zero attached hydrogens (tertiary/aromatic N) is 1. The molecule has 1 heterocycles. The van der Waals surface area contributed by atoms with Crippen molar-refractivity contribution in [2.75, 3.05) is 19.6 Å². The Kier molecular flexibility index (Phi) is 4.60. The second-order valence-corrected chi connectivity index (χ2v) is 5.54. The van der Waals surface area contributed by atoms with Gasteiger partial charge in [0, 0.05) is 23.7 Å². The molecule has 100 valence electrons. The van der Waals surface area contributed by atoms with Gasteiger partial charge in [-0.15, -0.1) is 0 Å². The Labute approximate surface area is 113 Å². The van der Waals surface area contributed by atoms with E-state index in [1.807, 2.05) is 0 Å². The van der Waals surface area contributed by atoms with E-state index in [1.54, 1.807) is 12.1 Å². The molecule has 1 aromatic rings. The van der Waals surface area contributed by atoms with E-state index < -0.39 is 0 Å². The summed E-state index contributed by atoms with van der Waals surface area (Å²) in [5, 5.41) is 0.476. The van der Waals surface area contributed by atoms with Crippen molar-refractivity contribution in [3.63, 3.8) is 0 Å². The summed E-state index contributed by atoms with van der Waals surface area (Å²) in [4.78, 5) is 2.26. The summed E-state index contributed by atoms with van der Waals surface area (Å²) >= 11 is 6.14. The molecular weight excluding hydrogens is 251 g/mol. The molecule has 1 aromatic carbocycles. The van der Waals surface area contributed by atoms with Crippen LogP contribution >= 0.6 is 11.6 Å². The number of rotatable bonds is 3. The largest absolute Gasteiger partial charge is 0.329 e. The van der Waals surface area contributed by atoms with E-state index in [9.17, 15) is 4.39 Å². The zero-order valence-electron chi connectivity index (χ0n) is 10.7. The molecule has 0 saturated carbocycles. The average molecular weight is 271 g/mol. The van der Waals surface area contributed by atoms with Crippen LogP contribution in [0.5, 0.6) is 0 Å². The first-order valence-electron chi connectivity index (χ1n) is 6.51. The SMILES string of the molecule is C[C@H]1CCCN([C@H](CN)c2c(F)cccc2Cl)C1. The summed E-state index contributed by atoms with van der Waals surface area (Å²) in [6.45, 7) is 4.56. The van der Waals surface area contributed by atoms with Crippen molar-refractivity contribution in [1.82, 2.24) is 4.90 Å². The van der Waals surface area contributed by atoms with Crippen molar-refractivity contribution in [2.45, 2.75) is 25.8 Å². The highest BCUT2D eigenvalue weighted by atomic mass is 35.5. The lowest BCUT2D eigenvalue weighted by molar-refractivity contribution is 0.131. The number of piperidine rings is 1. The van der Waals surface area contributed by atoms with Crippen LogP contribution in [0, 0.1) is 11.7 Å². The minimum absolute atomic E-state index is 0.110. The molecule has 1 saturated heterocycles. The smallest absolute Gasteiger partial charge is 0.129 e. The fourth-order valence-electron chi connectivity index (χ4n) is 2.79. The van der Waals surface area contributed by atoms with E-state index in [-0.39, 0.29) is 11.9 Å². The first kappa shape index (κ1) is 13.8. The summed E-state index contributed by atoms with van der Waals surface area (Å²) in [5.74, 6) is 0.384. The molecule has 0 spiro atoms. The van der Waals surface area contributed by atoms with E-state index in [2.05, 4.69) is 11.8 Å². The Morgan fingerprint density at radius 1 is 1.56 bits per heavy atom. The van der Waals surface area contributed by atoms with Crippen molar-refractivity contribution < 1.29 is 4.39 Å². The maximum Gasteiger partial charge on any atom is 0.129 e. The Bertz CT molecular complexity index is 391. The third kappa shape index (κ3) is 2.85.